The van der Waals surface area contributed by atoms with Crippen molar-refractivity contribution in [3.05, 3.63) is 95.1 Å². The van der Waals surface area contributed by atoms with Crippen LogP contribution in [-0.2, 0) is 29.4 Å². The van der Waals surface area contributed by atoms with Gasteiger partial charge in [-0.3, -0.25) is 14.5 Å². The molecule has 0 radical (unpaired) electrons. The number of hydrogen-bond donors (Lipinski definition) is 0. The molecule has 6 rings (SSSR count). The topological polar surface area (TPSA) is 85.9 Å². The van der Waals surface area contributed by atoms with Gasteiger partial charge in [0.2, 0.25) is 0 Å². The molecule has 0 amide bonds. The zero-order valence-electron chi connectivity index (χ0n) is 25.0. The van der Waals surface area contributed by atoms with E-state index in [0.717, 1.165) is 23.9 Å². The summed E-state index contributed by atoms with van der Waals surface area (Å²) in [5.74, 6) is 3.19. The standard InChI is InChI=1S/C32H32F4N6O2S/c1-20(2)42(45(4,44)27-18-38-40(3)19-27)26-8-5-22-14-29-21(17-39-41(29)25-9-6-24(33)7-10-25)15-31(22,16-26)30(43)28-13-23(11-12-37-28)32(34,35)36/h6-7,9-14,17-20,26H,4-5,8,15-16H2,1-3H3/t26-,31-,45?/m0/s1. The molecule has 1 saturated carbocycles. The Balaban J connectivity index is 1.47. The van der Waals surface area contributed by atoms with Crippen molar-refractivity contribution in [3.63, 3.8) is 0 Å². The zero-order valence-corrected chi connectivity index (χ0v) is 25.8. The fourth-order valence-corrected chi connectivity index (χ4v) is 8.87. The molecule has 236 valence electrons. The number of carbonyl (C=O) groups excluding carboxylic acids is 1. The highest BCUT2D eigenvalue weighted by Crippen LogP contribution is 2.52. The number of rotatable bonds is 7. The first-order valence-electron chi connectivity index (χ1n) is 14.5. The number of aromatic nitrogens is 5. The fourth-order valence-electron chi connectivity index (χ4n) is 6.75. The highest BCUT2D eigenvalue weighted by atomic mass is 32.2. The van der Waals surface area contributed by atoms with E-state index in [1.807, 2.05) is 24.2 Å². The second-order valence-corrected chi connectivity index (χ2v) is 14.1. The number of halogens is 4. The predicted octanol–water partition coefficient (Wildman–Crippen LogP) is 5.92. The van der Waals surface area contributed by atoms with Crippen molar-refractivity contribution in [1.82, 2.24) is 28.9 Å². The van der Waals surface area contributed by atoms with Gasteiger partial charge >= 0.3 is 6.18 Å². The van der Waals surface area contributed by atoms with Gasteiger partial charge in [-0.05, 0) is 93.4 Å². The SMILES string of the molecule is C=S(=O)(c1cnn(C)c1)N(C(C)C)[C@H]1CCC2=Cc3c(cnn3-c3ccc(F)cc3)C[C@]2(C(=O)c2cc(C(F)(F)F)ccn2)C1. The number of aryl methyl sites for hydroxylation is 1. The molecule has 0 bridgehead atoms. The number of Topliss-reactive ketones (excluding diaryl/α,β-unsaturated/α-hetero) is 1. The molecule has 8 nitrogen and oxygen atoms in total. The van der Waals surface area contributed by atoms with Crippen LogP contribution in [-0.4, -0.2) is 56.8 Å². The van der Waals surface area contributed by atoms with Gasteiger partial charge in [0.05, 0.1) is 49.4 Å². The highest BCUT2D eigenvalue weighted by Gasteiger charge is 2.52. The lowest BCUT2D eigenvalue weighted by Crippen LogP contribution is -2.52. The first-order valence-corrected chi connectivity index (χ1v) is 16.2. The predicted molar refractivity (Wildman–Crippen MR) is 163 cm³/mol. The van der Waals surface area contributed by atoms with Crippen LogP contribution >= 0.6 is 0 Å². The van der Waals surface area contributed by atoms with Gasteiger partial charge in [0, 0.05) is 31.5 Å². The van der Waals surface area contributed by atoms with E-state index in [0.29, 0.717) is 34.7 Å². The Labute approximate surface area is 258 Å². The number of hydrogen-bond acceptors (Lipinski definition) is 5. The normalized spacial score (nSPS) is 21.3. The van der Waals surface area contributed by atoms with Crippen LogP contribution in [0.5, 0.6) is 0 Å². The number of alkyl halides is 3. The summed E-state index contributed by atoms with van der Waals surface area (Å²) in [6, 6.07) is 6.85. The second kappa shape index (κ2) is 11.1. The first kappa shape index (κ1) is 30.9. The molecule has 0 aliphatic heterocycles. The summed E-state index contributed by atoms with van der Waals surface area (Å²) in [6.07, 6.45) is 4.30. The van der Waals surface area contributed by atoms with Crippen molar-refractivity contribution in [1.29, 1.82) is 0 Å². The van der Waals surface area contributed by atoms with Gasteiger partial charge in [0.1, 0.15) is 11.5 Å². The van der Waals surface area contributed by atoms with Gasteiger partial charge in [-0.15, -0.1) is 0 Å². The lowest BCUT2D eigenvalue weighted by molar-refractivity contribution is -0.137. The minimum atomic E-state index is -4.66. The molecule has 3 aromatic heterocycles. The van der Waals surface area contributed by atoms with Crippen molar-refractivity contribution >= 4 is 27.4 Å². The van der Waals surface area contributed by atoms with Gasteiger partial charge in [0.15, 0.2) is 5.78 Å². The number of fused-ring (bicyclic) bond motifs is 2. The van der Waals surface area contributed by atoms with Crippen LogP contribution in [0, 0.1) is 11.2 Å². The van der Waals surface area contributed by atoms with Gasteiger partial charge < -0.3 is 0 Å². The third-order valence-electron chi connectivity index (χ3n) is 8.72. The second-order valence-electron chi connectivity index (χ2n) is 12.0. The largest absolute Gasteiger partial charge is 0.416 e. The Hall–Kier alpha value is -4.10. The van der Waals surface area contributed by atoms with E-state index in [2.05, 4.69) is 21.1 Å². The van der Waals surface area contributed by atoms with Crippen LogP contribution in [0.1, 0.15) is 60.4 Å². The molecule has 2 aliphatic rings. The van der Waals surface area contributed by atoms with Crippen LogP contribution in [0.25, 0.3) is 11.8 Å². The fraction of sp³-hybridized carbons (Fsp3) is 0.344. The molecule has 0 saturated heterocycles. The van der Waals surface area contributed by atoms with Crippen LogP contribution in [0.2, 0.25) is 0 Å². The number of ketones is 1. The number of nitrogens with zero attached hydrogens (tertiary/aromatic N) is 6. The molecule has 1 fully saturated rings. The van der Waals surface area contributed by atoms with Crippen molar-refractivity contribution in [2.24, 2.45) is 12.5 Å². The molecule has 4 aromatic rings. The highest BCUT2D eigenvalue weighted by molar-refractivity contribution is 7.98. The van der Waals surface area contributed by atoms with E-state index in [9.17, 15) is 26.6 Å². The van der Waals surface area contributed by atoms with E-state index in [1.165, 1.54) is 18.3 Å². The number of allylic oxidation sites excluding steroid dienone is 1. The van der Waals surface area contributed by atoms with E-state index in [-0.39, 0.29) is 24.6 Å². The summed E-state index contributed by atoms with van der Waals surface area (Å²) in [7, 11) is -1.33. The molecule has 0 spiro atoms. The van der Waals surface area contributed by atoms with Gasteiger partial charge in [-0.1, -0.05) is 5.57 Å². The van der Waals surface area contributed by atoms with Gasteiger partial charge in [-0.25, -0.2) is 17.6 Å². The molecule has 0 N–H and O–H groups in total. The quantitative estimate of drug-likeness (QED) is 0.142. The summed E-state index contributed by atoms with van der Waals surface area (Å²) in [6.45, 7) is 3.81. The van der Waals surface area contributed by atoms with Crippen LogP contribution < -0.4 is 0 Å². The lowest BCUT2D eigenvalue weighted by atomic mass is 9.60. The number of carbonyl (C=O) groups is 1. The van der Waals surface area contributed by atoms with Crippen molar-refractivity contribution in [2.75, 3.05) is 0 Å². The van der Waals surface area contributed by atoms with Gasteiger partial charge in [0.25, 0.3) is 0 Å². The third kappa shape index (κ3) is 5.41. The van der Waals surface area contributed by atoms with E-state index in [4.69, 9.17) is 0 Å². The minimum Gasteiger partial charge on any atom is -0.291 e. The molecule has 13 heteroatoms. The monoisotopic (exact) mass is 640 g/mol. The molecular formula is C32H32F4N6O2S. The zero-order chi connectivity index (χ0) is 32.3. The summed E-state index contributed by atoms with van der Waals surface area (Å²) in [4.78, 5) is 19.1. The maximum absolute atomic E-state index is 14.6. The lowest BCUT2D eigenvalue weighted by Gasteiger charge is -2.48. The Morgan fingerprint density at radius 3 is 2.53 bits per heavy atom. The maximum Gasteiger partial charge on any atom is 0.416 e. The molecule has 3 heterocycles. The van der Waals surface area contributed by atoms with Gasteiger partial charge in [-0.2, -0.15) is 23.4 Å². The number of pyridine rings is 1. The van der Waals surface area contributed by atoms with E-state index >= 15 is 0 Å². The Morgan fingerprint density at radius 1 is 1.16 bits per heavy atom. The Bertz CT molecular complexity index is 1910. The molecule has 1 aromatic carbocycles. The Kier molecular flexibility index (Phi) is 7.59. The summed E-state index contributed by atoms with van der Waals surface area (Å²) in [5, 5.41) is 8.71. The van der Waals surface area contributed by atoms with Crippen molar-refractivity contribution < 1.29 is 26.6 Å². The smallest absolute Gasteiger partial charge is 0.291 e. The molecular weight excluding hydrogens is 608 g/mol. The van der Waals surface area contributed by atoms with Crippen molar-refractivity contribution in [3.8, 4) is 5.69 Å². The van der Waals surface area contributed by atoms with E-state index < -0.39 is 44.5 Å². The van der Waals surface area contributed by atoms with Crippen molar-refractivity contribution in [2.45, 2.75) is 62.7 Å². The Morgan fingerprint density at radius 2 is 1.89 bits per heavy atom. The molecule has 45 heavy (non-hydrogen) atoms. The summed E-state index contributed by atoms with van der Waals surface area (Å²) >= 11 is 0. The van der Waals surface area contributed by atoms with E-state index in [1.54, 1.807) is 40.9 Å². The summed E-state index contributed by atoms with van der Waals surface area (Å²) < 4.78 is 74.2. The molecule has 3 atom stereocenters. The third-order valence-corrected chi connectivity index (χ3v) is 11.1. The number of benzene rings is 1. The summed E-state index contributed by atoms with van der Waals surface area (Å²) in [5.41, 5.74) is 0.263. The molecule has 2 aliphatic carbocycles. The minimum absolute atomic E-state index is 0.153. The average molecular weight is 641 g/mol. The molecule has 1 unspecified atom stereocenters. The van der Waals surface area contributed by atoms with Crippen LogP contribution in [0.15, 0.2) is 71.7 Å². The van der Waals surface area contributed by atoms with Crippen LogP contribution in [0.3, 0.4) is 0 Å². The average Bonchev–Trinajstić information content (AvgIpc) is 3.61. The maximum atomic E-state index is 14.6. The van der Waals surface area contributed by atoms with Crippen LogP contribution in [0.4, 0.5) is 17.6 Å². The first-order chi connectivity index (χ1) is 21.2.